The molecule has 4 rings (SSSR count). The van der Waals surface area contributed by atoms with E-state index in [0.717, 1.165) is 11.3 Å². The van der Waals surface area contributed by atoms with Crippen molar-refractivity contribution in [1.29, 1.82) is 0 Å². The van der Waals surface area contributed by atoms with Crippen molar-refractivity contribution in [3.8, 4) is 5.75 Å². The van der Waals surface area contributed by atoms with Crippen molar-refractivity contribution in [1.82, 2.24) is 0 Å². The lowest BCUT2D eigenvalue weighted by atomic mass is 9.84. The van der Waals surface area contributed by atoms with Crippen LogP contribution in [0.1, 0.15) is 42.1 Å². The van der Waals surface area contributed by atoms with E-state index in [9.17, 15) is 14.4 Å². The van der Waals surface area contributed by atoms with E-state index in [1.807, 2.05) is 50.2 Å². The van der Waals surface area contributed by atoms with Crippen molar-refractivity contribution in [2.45, 2.75) is 32.2 Å². The highest BCUT2D eigenvalue weighted by atomic mass is 35.5. The zero-order valence-corrected chi connectivity index (χ0v) is 20.8. The molecular formula is C28H27ClN2O5. The maximum absolute atomic E-state index is 13.8. The molecule has 36 heavy (non-hydrogen) atoms. The van der Waals surface area contributed by atoms with Crippen molar-refractivity contribution >= 4 is 40.8 Å². The van der Waals surface area contributed by atoms with E-state index in [1.54, 1.807) is 46.2 Å². The fourth-order valence-electron chi connectivity index (χ4n) is 4.61. The summed E-state index contributed by atoms with van der Waals surface area (Å²) in [5, 5.41) is 9.38. The van der Waals surface area contributed by atoms with Crippen LogP contribution in [0.5, 0.6) is 5.75 Å². The molecule has 0 fully saturated rings. The highest BCUT2D eigenvalue weighted by Crippen LogP contribution is 2.41. The van der Waals surface area contributed by atoms with E-state index in [2.05, 4.69) is 0 Å². The van der Waals surface area contributed by atoms with Gasteiger partial charge in [-0.15, -0.1) is 0 Å². The number of ether oxygens (including phenoxy) is 1. The topological polar surface area (TPSA) is 87.2 Å². The number of carboxylic acids is 1. The molecule has 0 spiro atoms. The Morgan fingerprint density at radius 3 is 2.33 bits per heavy atom. The molecule has 1 aliphatic rings. The van der Waals surface area contributed by atoms with Gasteiger partial charge in [-0.1, -0.05) is 29.8 Å². The SMILES string of the molecule is CCN(C(=O)[C@H]1C[C@H](C)N(C(=O)c2ccc(OCC(=O)O)cc2)c2ccccc21)c1ccc(Cl)cc1. The van der Waals surface area contributed by atoms with Crippen LogP contribution in [0.25, 0.3) is 0 Å². The van der Waals surface area contributed by atoms with Gasteiger partial charge in [0.15, 0.2) is 6.61 Å². The average Bonchev–Trinajstić information content (AvgIpc) is 2.88. The minimum absolute atomic E-state index is 0.0221. The van der Waals surface area contributed by atoms with Gasteiger partial charge in [-0.05, 0) is 80.4 Å². The number of hydrogen-bond donors (Lipinski definition) is 1. The molecule has 186 valence electrons. The fourth-order valence-corrected chi connectivity index (χ4v) is 4.73. The number of carboxylic acid groups (broad SMARTS) is 1. The lowest BCUT2D eigenvalue weighted by molar-refractivity contribution is -0.139. The average molecular weight is 507 g/mol. The van der Waals surface area contributed by atoms with Gasteiger partial charge in [-0.3, -0.25) is 9.59 Å². The lowest BCUT2D eigenvalue weighted by Crippen LogP contribution is -2.46. The van der Waals surface area contributed by atoms with Crippen LogP contribution in [0.3, 0.4) is 0 Å². The van der Waals surface area contributed by atoms with Crippen molar-refractivity contribution in [2.24, 2.45) is 0 Å². The van der Waals surface area contributed by atoms with Crippen LogP contribution in [0.4, 0.5) is 11.4 Å². The minimum Gasteiger partial charge on any atom is -0.482 e. The first-order valence-electron chi connectivity index (χ1n) is 11.7. The first-order valence-corrected chi connectivity index (χ1v) is 12.1. The molecule has 0 radical (unpaired) electrons. The van der Waals surface area contributed by atoms with E-state index in [4.69, 9.17) is 21.4 Å². The summed E-state index contributed by atoms with van der Waals surface area (Å²) in [5.41, 5.74) is 2.74. The molecule has 0 aromatic heterocycles. The van der Waals surface area contributed by atoms with Crippen molar-refractivity contribution in [3.05, 3.63) is 88.9 Å². The van der Waals surface area contributed by atoms with Gasteiger partial charge >= 0.3 is 5.97 Å². The number of likely N-dealkylation sites (N-methyl/N-ethyl adjacent to an activating group) is 1. The molecule has 3 aromatic carbocycles. The minimum atomic E-state index is -1.07. The summed E-state index contributed by atoms with van der Waals surface area (Å²) in [5.74, 6) is -1.33. The number of aliphatic carboxylic acids is 1. The van der Waals surface area contributed by atoms with Gasteiger partial charge in [0.1, 0.15) is 5.75 Å². The summed E-state index contributed by atoms with van der Waals surface area (Å²) in [7, 11) is 0. The van der Waals surface area contributed by atoms with Gasteiger partial charge in [-0.25, -0.2) is 4.79 Å². The van der Waals surface area contributed by atoms with Crippen LogP contribution in [0.2, 0.25) is 5.02 Å². The van der Waals surface area contributed by atoms with Crippen molar-refractivity contribution in [3.63, 3.8) is 0 Å². The molecule has 7 nitrogen and oxygen atoms in total. The molecule has 2 amide bonds. The molecule has 3 aromatic rings. The van der Waals surface area contributed by atoms with E-state index < -0.39 is 18.5 Å². The summed E-state index contributed by atoms with van der Waals surface area (Å²) >= 11 is 6.04. The molecule has 1 N–H and O–H groups in total. The smallest absolute Gasteiger partial charge is 0.341 e. The predicted octanol–water partition coefficient (Wildman–Crippen LogP) is 5.38. The number of benzene rings is 3. The Morgan fingerprint density at radius 2 is 1.69 bits per heavy atom. The third-order valence-electron chi connectivity index (χ3n) is 6.29. The molecular weight excluding hydrogens is 480 g/mol. The van der Waals surface area contributed by atoms with Gasteiger partial charge in [0.25, 0.3) is 5.91 Å². The van der Waals surface area contributed by atoms with Crippen LogP contribution in [0.15, 0.2) is 72.8 Å². The Hall–Kier alpha value is -3.84. The van der Waals surface area contributed by atoms with Gasteiger partial charge < -0.3 is 19.6 Å². The normalized spacial score (nSPS) is 16.7. The number of hydrogen-bond acceptors (Lipinski definition) is 4. The third-order valence-corrected chi connectivity index (χ3v) is 6.54. The molecule has 8 heteroatoms. The monoisotopic (exact) mass is 506 g/mol. The number of rotatable bonds is 7. The van der Waals surface area contributed by atoms with E-state index >= 15 is 0 Å². The van der Waals surface area contributed by atoms with Gasteiger partial charge in [0.05, 0.1) is 5.92 Å². The number of carbonyl (C=O) groups is 3. The second-order valence-electron chi connectivity index (χ2n) is 8.64. The lowest BCUT2D eigenvalue weighted by Gasteiger charge is -2.40. The van der Waals surface area contributed by atoms with Crippen LogP contribution in [0, 0.1) is 0 Å². The zero-order chi connectivity index (χ0) is 25.8. The maximum Gasteiger partial charge on any atom is 0.341 e. The highest BCUT2D eigenvalue weighted by Gasteiger charge is 2.38. The second-order valence-corrected chi connectivity index (χ2v) is 9.07. The molecule has 0 aliphatic carbocycles. The summed E-state index contributed by atoms with van der Waals surface area (Å²) < 4.78 is 5.17. The second kappa shape index (κ2) is 10.8. The Morgan fingerprint density at radius 1 is 1.03 bits per heavy atom. The molecule has 0 saturated carbocycles. The molecule has 1 heterocycles. The van der Waals surface area contributed by atoms with Crippen molar-refractivity contribution < 1.29 is 24.2 Å². The number of carbonyl (C=O) groups excluding carboxylic acids is 2. The van der Waals surface area contributed by atoms with Crippen LogP contribution in [-0.4, -0.2) is 42.1 Å². The Bertz CT molecular complexity index is 1260. The van der Waals surface area contributed by atoms with E-state index in [0.29, 0.717) is 35.0 Å². The van der Waals surface area contributed by atoms with Gasteiger partial charge in [-0.2, -0.15) is 0 Å². The summed E-state index contributed by atoms with van der Waals surface area (Å²) in [4.78, 5) is 41.5. The molecule has 0 bridgehead atoms. The van der Waals surface area contributed by atoms with E-state index in [1.165, 1.54) is 0 Å². The first kappa shape index (κ1) is 25.3. The molecule has 2 atom stereocenters. The van der Waals surface area contributed by atoms with Gasteiger partial charge in [0, 0.05) is 34.5 Å². The number of amides is 2. The standard InChI is InChI=1S/C28H27ClN2O5/c1-3-30(21-12-10-20(29)11-13-21)28(35)24-16-18(2)31(25-7-5-4-6-23(24)25)27(34)19-8-14-22(15-9-19)36-17-26(32)33/h4-15,18,24H,3,16-17H2,1-2H3,(H,32,33)/t18-,24-/m0/s1. The first-order chi connectivity index (χ1) is 17.3. The zero-order valence-electron chi connectivity index (χ0n) is 20.1. The number of halogens is 1. The van der Waals surface area contributed by atoms with E-state index in [-0.39, 0.29) is 17.9 Å². The number of fused-ring (bicyclic) bond motifs is 1. The highest BCUT2D eigenvalue weighted by molar-refractivity contribution is 6.30. The fraction of sp³-hybridized carbons (Fsp3) is 0.250. The Balaban J connectivity index is 1.62. The van der Waals surface area contributed by atoms with Crippen LogP contribution in [-0.2, 0) is 9.59 Å². The summed E-state index contributed by atoms with van der Waals surface area (Å²) in [6, 6.07) is 20.9. The van der Waals surface area contributed by atoms with Crippen LogP contribution < -0.4 is 14.5 Å². The number of anilines is 2. The van der Waals surface area contributed by atoms with Crippen molar-refractivity contribution in [2.75, 3.05) is 23.0 Å². The van der Waals surface area contributed by atoms with Crippen LogP contribution >= 0.6 is 11.6 Å². The summed E-state index contributed by atoms with van der Waals surface area (Å²) in [6.45, 7) is 3.93. The predicted molar refractivity (Wildman–Crippen MR) is 139 cm³/mol. The molecule has 0 unspecified atom stereocenters. The number of para-hydroxylation sites is 1. The Kier molecular flexibility index (Phi) is 7.60. The molecule has 0 saturated heterocycles. The Labute approximate surface area is 214 Å². The quantitative estimate of drug-likeness (QED) is 0.465. The largest absolute Gasteiger partial charge is 0.482 e. The maximum atomic E-state index is 13.8. The third kappa shape index (κ3) is 5.21. The van der Waals surface area contributed by atoms with Gasteiger partial charge in [0.2, 0.25) is 5.91 Å². The summed E-state index contributed by atoms with van der Waals surface area (Å²) in [6.07, 6.45) is 0.478. The number of nitrogens with zero attached hydrogens (tertiary/aromatic N) is 2. The molecule has 1 aliphatic heterocycles.